The molecule has 8 heteroatoms. The van der Waals surface area contributed by atoms with Gasteiger partial charge in [0.05, 0.1) is 4.92 Å². The van der Waals surface area contributed by atoms with Gasteiger partial charge in [-0.1, -0.05) is 12.1 Å². The van der Waals surface area contributed by atoms with Crippen LogP contribution >= 0.6 is 12.2 Å². The normalized spacial score (nSPS) is 13.6. The first-order valence-corrected chi connectivity index (χ1v) is 9.61. The molecule has 2 aromatic rings. The third-order valence-electron chi connectivity index (χ3n) is 4.61. The number of benzene rings is 2. The van der Waals surface area contributed by atoms with Crippen molar-refractivity contribution in [2.45, 2.75) is 25.8 Å². The lowest BCUT2D eigenvalue weighted by atomic mass is 10.1. The van der Waals surface area contributed by atoms with Crippen molar-refractivity contribution in [3.63, 3.8) is 0 Å². The maximum atomic E-state index is 12.6. The molecule has 1 amide bonds. The molecule has 0 aliphatic carbocycles. The van der Waals surface area contributed by atoms with Crippen LogP contribution in [0.4, 0.5) is 11.4 Å². The summed E-state index contributed by atoms with van der Waals surface area (Å²) in [4.78, 5) is 24.8. The first-order valence-electron chi connectivity index (χ1n) is 9.20. The van der Waals surface area contributed by atoms with Crippen molar-refractivity contribution in [2.75, 3.05) is 18.4 Å². The molecule has 2 aromatic carbocycles. The Morgan fingerprint density at radius 1 is 1.11 bits per heavy atom. The van der Waals surface area contributed by atoms with Crippen LogP contribution in [0.5, 0.6) is 0 Å². The number of carbonyl (C=O) groups excluding carboxylic acids is 1. The van der Waals surface area contributed by atoms with E-state index in [1.807, 2.05) is 29.2 Å². The Morgan fingerprint density at radius 3 is 2.50 bits per heavy atom. The number of nitro benzene ring substituents is 1. The molecule has 7 nitrogen and oxygen atoms in total. The maximum absolute atomic E-state index is 12.6. The fraction of sp³-hybridized carbons (Fsp3) is 0.300. The average molecular weight is 398 g/mol. The van der Waals surface area contributed by atoms with Crippen LogP contribution in [0.2, 0.25) is 0 Å². The summed E-state index contributed by atoms with van der Waals surface area (Å²) < 4.78 is 0. The van der Waals surface area contributed by atoms with E-state index in [9.17, 15) is 14.9 Å². The number of thiocarbonyl (C=S) groups is 1. The molecule has 146 valence electrons. The Labute approximate surface area is 168 Å². The third-order valence-corrected chi connectivity index (χ3v) is 4.85. The Kier molecular flexibility index (Phi) is 6.54. The molecule has 1 heterocycles. The van der Waals surface area contributed by atoms with Gasteiger partial charge in [-0.15, -0.1) is 0 Å². The Hall–Kier alpha value is -3.00. The minimum atomic E-state index is -0.446. The molecule has 0 saturated carbocycles. The van der Waals surface area contributed by atoms with Gasteiger partial charge in [-0.05, 0) is 61.3 Å². The molecule has 0 spiro atoms. The molecule has 2 N–H and O–H groups in total. The summed E-state index contributed by atoms with van der Waals surface area (Å²) in [6.07, 6.45) is 3.32. The van der Waals surface area contributed by atoms with Crippen LogP contribution in [0.1, 0.15) is 35.2 Å². The zero-order valence-corrected chi connectivity index (χ0v) is 16.2. The molecule has 1 aliphatic rings. The van der Waals surface area contributed by atoms with Crippen LogP contribution in [-0.4, -0.2) is 33.9 Å². The largest absolute Gasteiger partial charge is 0.358 e. The van der Waals surface area contributed by atoms with Crippen molar-refractivity contribution >= 4 is 34.6 Å². The lowest BCUT2D eigenvalue weighted by molar-refractivity contribution is -0.384. The molecule has 1 aliphatic heterocycles. The van der Waals surface area contributed by atoms with Gasteiger partial charge in [0.1, 0.15) is 0 Å². The summed E-state index contributed by atoms with van der Waals surface area (Å²) in [5, 5.41) is 17.2. The monoisotopic (exact) mass is 398 g/mol. The number of non-ortho nitro benzene ring substituents is 1. The van der Waals surface area contributed by atoms with Crippen molar-refractivity contribution in [2.24, 2.45) is 0 Å². The summed E-state index contributed by atoms with van der Waals surface area (Å²) in [6.45, 7) is 2.12. The van der Waals surface area contributed by atoms with Crippen LogP contribution < -0.4 is 10.6 Å². The molecule has 1 saturated heterocycles. The molecule has 1 fully saturated rings. The number of rotatable bonds is 5. The summed E-state index contributed by atoms with van der Waals surface area (Å²) in [7, 11) is 0. The van der Waals surface area contributed by atoms with Crippen LogP contribution in [0.3, 0.4) is 0 Å². The highest BCUT2D eigenvalue weighted by Gasteiger charge is 2.18. The van der Waals surface area contributed by atoms with Crippen molar-refractivity contribution in [3.05, 3.63) is 69.8 Å². The van der Waals surface area contributed by atoms with E-state index in [1.165, 1.54) is 18.6 Å². The second-order valence-corrected chi connectivity index (χ2v) is 7.07. The fourth-order valence-electron chi connectivity index (χ4n) is 3.12. The van der Waals surface area contributed by atoms with Gasteiger partial charge in [-0.25, -0.2) is 0 Å². The van der Waals surface area contributed by atoms with E-state index in [1.54, 1.807) is 12.1 Å². The topological polar surface area (TPSA) is 87.5 Å². The van der Waals surface area contributed by atoms with Gasteiger partial charge >= 0.3 is 0 Å². The van der Waals surface area contributed by atoms with Gasteiger partial charge in [0.2, 0.25) is 0 Å². The molecule has 0 radical (unpaired) electrons. The molecule has 0 unspecified atom stereocenters. The number of nitrogens with zero attached hydrogens (tertiary/aromatic N) is 2. The zero-order chi connectivity index (χ0) is 19.9. The van der Waals surface area contributed by atoms with E-state index in [2.05, 4.69) is 10.6 Å². The Bertz CT molecular complexity index is 864. The molecule has 3 rings (SSSR count). The van der Waals surface area contributed by atoms with Crippen molar-refractivity contribution in [3.8, 4) is 0 Å². The number of hydrogen-bond acceptors (Lipinski definition) is 4. The lowest BCUT2D eigenvalue weighted by Crippen LogP contribution is -2.35. The van der Waals surface area contributed by atoms with Gasteiger partial charge in [0.25, 0.3) is 11.6 Å². The molecule has 28 heavy (non-hydrogen) atoms. The third kappa shape index (κ3) is 5.26. The van der Waals surface area contributed by atoms with Gasteiger partial charge in [0.15, 0.2) is 5.11 Å². The number of nitrogens with one attached hydrogen (secondary N) is 2. The lowest BCUT2D eigenvalue weighted by Gasteiger charge is -2.26. The molecule has 0 bridgehead atoms. The summed E-state index contributed by atoms with van der Waals surface area (Å²) in [5.74, 6) is 0.0770. The average Bonchev–Trinajstić information content (AvgIpc) is 2.73. The number of likely N-dealkylation sites (tertiary alicyclic amines) is 1. The van der Waals surface area contributed by atoms with Gasteiger partial charge in [0, 0.05) is 43.0 Å². The van der Waals surface area contributed by atoms with E-state index < -0.39 is 4.92 Å². The number of anilines is 1. The standard InChI is InChI=1S/C20H22N4O3S/c25-19(23-11-2-1-3-12-23)16-6-4-5-15(13-16)14-21-20(28)22-17-7-9-18(10-8-17)24(26)27/h4-10,13H,1-3,11-12,14H2,(H2,21,22,28). The molecule has 0 atom stereocenters. The van der Waals surface area contributed by atoms with Crippen LogP contribution in [0.15, 0.2) is 48.5 Å². The SMILES string of the molecule is O=C(c1cccc(CNC(=S)Nc2ccc([N+](=O)[O-])cc2)c1)N1CCCCC1. The number of nitro groups is 1. The maximum Gasteiger partial charge on any atom is 0.269 e. The minimum Gasteiger partial charge on any atom is -0.358 e. The number of amides is 1. The summed E-state index contributed by atoms with van der Waals surface area (Å²) >= 11 is 5.28. The van der Waals surface area contributed by atoms with Crippen molar-refractivity contribution < 1.29 is 9.72 Å². The van der Waals surface area contributed by atoms with Crippen molar-refractivity contribution in [1.29, 1.82) is 0 Å². The Balaban J connectivity index is 1.54. The quantitative estimate of drug-likeness (QED) is 0.454. The number of carbonyl (C=O) groups is 1. The zero-order valence-electron chi connectivity index (χ0n) is 15.4. The highest BCUT2D eigenvalue weighted by molar-refractivity contribution is 7.80. The first kappa shape index (κ1) is 19.8. The predicted octanol–water partition coefficient (Wildman–Crippen LogP) is 3.71. The number of hydrogen-bond donors (Lipinski definition) is 2. The highest BCUT2D eigenvalue weighted by atomic mass is 32.1. The van der Waals surface area contributed by atoms with E-state index in [0.717, 1.165) is 31.5 Å². The van der Waals surface area contributed by atoms with E-state index in [-0.39, 0.29) is 11.6 Å². The van der Waals surface area contributed by atoms with Crippen LogP contribution in [0.25, 0.3) is 0 Å². The Morgan fingerprint density at radius 2 is 1.82 bits per heavy atom. The summed E-state index contributed by atoms with van der Waals surface area (Å²) in [5.41, 5.74) is 2.34. The molecule has 0 aromatic heterocycles. The van der Waals surface area contributed by atoms with Gasteiger partial charge in [-0.3, -0.25) is 14.9 Å². The van der Waals surface area contributed by atoms with Crippen LogP contribution in [0, 0.1) is 10.1 Å². The van der Waals surface area contributed by atoms with E-state index >= 15 is 0 Å². The smallest absolute Gasteiger partial charge is 0.269 e. The fourth-order valence-corrected chi connectivity index (χ4v) is 3.31. The second kappa shape index (κ2) is 9.27. The van der Waals surface area contributed by atoms with Crippen molar-refractivity contribution in [1.82, 2.24) is 10.2 Å². The second-order valence-electron chi connectivity index (χ2n) is 6.66. The van der Waals surface area contributed by atoms with E-state index in [4.69, 9.17) is 12.2 Å². The minimum absolute atomic E-state index is 0.0274. The van der Waals surface area contributed by atoms with Gasteiger partial charge in [-0.2, -0.15) is 0 Å². The van der Waals surface area contributed by atoms with Crippen LogP contribution in [-0.2, 0) is 6.54 Å². The first-order chi connectivity index (χ1) is 13.5. The summed E-state index contributed by atoms with van der Waals surface area (Å²) in [6, 6.07) is 13.6. The van der Waals surface area contributed by atoms with E-state index in [0.29, 0.717) is 22.9 Å². The number of piperidine rings is 1. The highest BCUT2D eigenvalue weighted by Crippen LogP contribution is 2.16. The predicted molar refractivity (Wildman–Crippen MR) is 112 cm³/mol. The van der Waals surface area contributed by atoms with Gasteiger partial charge < -0.3 is 15.5 Å². The molecular weight excluding hydrogens is 376 g/mol. The molecular formula is C20H22N4O3S.